The highest BCUT2D eigenvalue weighted by Gasteiger charge is 2.56. The summed E-state index contributed by atoms with van der Waals surface area (Å²) >= 11 is 0. The third-order valence-corrected chi connectivity index (χ3v) is 6.40. The minimum absolute atomic E-state index is 0.00485. The van der Waals surface area contributed by atoms with Crippen molar-refractivity contribution in [3.63, 3.8) is 0 Å². The Balaban J connectivity index is 2.01. The fourth-order valence-corrected chi connectivity index (χ4v) is 5.02. The van der Waals surface area contributed by atoms with Crippen molar-refractivity contribution in [1.29, 1.82) is 0 Å². The highest BCUT2D eigenvalue weighted by molar-refractivity contribution is 5.60. The maximum Gasteiger partial charge on any atom is 0.203 e. The zero-order valence-electron chi connectivity index (χ0n) is 18.0. The first-order chi connectivity index (χ1) is 14.6. The smallest absolute Gasteiger partial charge is 0.203 e. The van der Waals surface area contributed by atoms with E-state index in [4.69, 9.17) is 28.4 Å². The van der Waals surface area contributed by atoms with Gasteiger partial charge in [-0.2, -0.15) is 0 Å². The molecule has 0 amide bonds. The van der Waals surface area contributed by atoms with Crippen LogP contribution in [-0.2, 0) is 16.8 Å². The van der Waals surface area contributed by atoms with E-state index in [0.717, 1.165) is 23.1 Å². The number of hydrogen-bond donors (Lipinski definition) is 1. The number of fused-ring (bicyclic) bond motifs is 4. The maximum atomic E-state index is 10.4. The third-order valence-electron chi connectivity index (χ3n) is 6.40. The molecule has 1 heterocycles. The number of aliphatic hydroxyl groups excluding tert-OH is 1. The molecule has 2 aromatic rings. The summed E-state index contributed by atoms with van der Waals surface area (Å²) in [6.45, 7) is 0.538. The summed E-state index contributed by atoms with van der Waals surface area (Å²) in [7, 11) is 7.99. The molecule has 0 spiro atoms. The van der Waals surface area contributed by atoms with Gasteiger partial charge in [-0.15, -0.1) is 0 Å². The predicted molar refractivity (Wildman–Crippen MR) is 110 cm³/mol. The van der Waals surface area contributed by atoms with Gasteiger partial charge >= 0.3 is 0 Å². The van der Waals surface area contributed by atoms with E-state index in [0.29, 0.717) is 35.4 Å². The second-order valence-electron chi connectivity index (χ2n) is 7.58. The molecule has 162 valence electrons. The van der Waals surface area contributed by atoms with Crippen molar-refractivity contribution in [2.24, 2.45) is 11.8 Å². The summed E-state index contributed by atoms with van der Waals surface area (Å²) in [6.07, 6.45) is 0.799. The molecule has 0 unspecified atom stereocenters. The summed E-state index contributed by atoms with van der Waals surface area (Å²) in [4.78, 5) is 0. The first-order valence-corrected chi connectivity index (χ1v) is 9.88. The molecule has 1 aliphatic carbocycles. The first-order valence-electron chi connectivity index (χ1n) is 9.88. The van der Waals surface area contributed by atoms with Crippen LogP contribution < -0.4 is 23.7 Å². The van der Waals surface area contributed by atoms with E-state index in [-0.39, 0.29) is 18.4 Å². The van der Waals surface area contributed by atoms with E-state index in [1.807, 2.05) is 24.3 Å². The van der Waals surface area contributed by atoms with Gasteiger partial charge in [0.25, 0.3) is 0 Å². The van der Waals surface area contributed by atoms with Crippen molar-refractivity contribution in [1.82, 2.24) is 0 Å². The molecule has 30 heavy (non-hydrogen) atoms. The van der Waals surface area contributed by atoms with Crippen LogP contribution >= 0.6 is 0 Å². The zero-order valence-corrected chi connectivity index (χ0v) is 18.0. The molecule has 1 aliphatic heterocycles. The van der Waals surface area contributed by atoms with E-state index in [1.165, 1.54) is 0 Å². The Hall–Kier alpha value is -2.64. The van der Waals surface area contributed by atoms with Gasteiger partial charge in [-0.05, 0) is 53.3 Å². The average molecular weight is 416 g/mol. The van der Waals surface area contributed by atoms with Crippen LogP contribution in [-0.4, -0.2) is 53.9 Å². The van der Waals surface area contributed by atoms with Crippen molar-refractivity contribution in [2.45, 2.75) is 12.0 Å². The lowest BCUT2D eigenvalue weighted by Gasteiger charge is -2.41. The average Bonchev–Trinajstić information content (AvgIpc) is 3.07. The van der Waals surface area contributed by atoms with Gasteiger partial charge in [0.1, 0.15) is 5.60 Å². The van der Waals surface area contributed by atoms with Gasteiger partial charge in [-0.3, -0.25) is 0 Å². The van der Waals surface area contributed by atoms with Crippen molar-refractivity contribution in [3.8, 4) is 28.7 Å². The first kappa shape index (κ1) is 20.6. The van der Waals surface area contributed by atoms with Gasteiger partial charge in [0.05, 0.1) is 42.2 Å². The number of benzene rings is 2. The molecule has 3 atom stereocenters. The lowest BCUT2D eigenvalue weighted by molar-refractivity contribution is -0.00728. The Morgan fingerprint density at radius 3 is 2.00 bits per heavy atom. The van der Waals surface area contributed by atoms with Gasteiger partial charge in [0.15, 0.2) is 23.0 Å². The van der Waals surface area contributed by atoms with Crippen LogP contribution in [0.1, 0.15) is 16.7 Å². The molecule has 0 saturated carbocycles. The highest BCUT2D eigenvalue weighted by atomic mass is 16.5. The van der Waals surface area contributed by atoms with Crippen LogP contribution in [0.15, 0.2) is 24.3 Å². The Morgan fingerprint density at radius 1 is 0.867 bits per heavy atom. The molecule has 2 aliphatic rings. The fourth-order valence-electron chi connectivity index (χ4n) is 5.02. The second kappa shape index (κ2) is 7.89. The standard InChI is InChI=1S/C23H28O7/c1-25-18-7-13-6-14-12-30-23(17(14)11-24,16(13)10-19(18)26-2)15-8-20(27-3)22(29-5)21(9-15)28-4/h7-10,14,17,24H,6,11-12H2,1-5H3/t14-,17-,23-/m0/s1. The lowest BCUT2D eigenvalue weighted by Crippen LogP contribution is -2.42. The molecule has 7 nitrogen and oxygen atoms in total. The molecule has 7 heteroatoms. The van der Waals surface area contributed by atoms with Gasteiger partial charge in [0, 0.05) is 12.5 Å². The quantitative estimate of drug-likeness (QED) is 0.744. The molecule has 1 N–H and O–H groups in total. The van der Waals surface area contributed by atoms with E-state index in [9.17, 15) is 5.11 Å². The number of aliphatic hydroxyl groups is 1. The van der Waals surface area contributed by atoms with Gasteiger partial charge in [0.2, 0.25) is 5.75 Å². The minimum Gasteiger partial charge on any atom is -0.493 e. The number of methoxy groups -OCH3 is 5. The molecule has 0 aromatic heterocycles. The SMILES string of the molecule is COc1cc2c(cc1OC)[C@]1(c3cc(OC)c(OC)c(OC)c3)OC[C@H](C2)[C@@H]1CO. The highest BCUT2D eigenvalue weighted by Crippen LogP contribution is 2.57. The Kier molecular flexibility index (Phi) is 5.42. The number of rotatable bonds is 7. The lowest BCUT2D eigenvalue weighted by atomic mass is 9.65. The Labute approximate surface area is 176 Å². The van der Waals surface area contributed by atoms with Gasteiger partial charge in [-0.25, -0.2) is 0 Å². The molecular weight excluding hydrogens is 388 g/mol. The van der Waals surface area contributed by atoms with Crippen LogP contribution in [0.5, 0.6) is 28.7 Å². The fraction of sp³-hybridized carbons (Fsp3) is 0.478. The Bertz CT molecular complexity index is 916. The van der Waals surface area contributed by atoms with Crippen molar-refractivity contribution < 1.29 is 33.5 Å². The van der Waals surface area contributed by atoms with Crippen LogP contribution in [0.3, 0.4) is 0 Å². The molecule has 1 fully saturated rings. The molecule has 2 aromatic carbocycles. The molecule has 2 bridgehead atoms. The summed E-state index contributed by atoms with van der Waals surface area (Å²) in [5, 5.41) is 10.4. The second-order valence-corrected chi connectivity index (χ2v) is 7.58. The summed E-state index contributed by atoms with van der Waals surface area (Å²) < 4.78 is 34.3. The van der Waals surface area contributed by atoms with Gasteiger partial charge in [-0.1, -0.05) is 0 Å². The number of hydrogen-bond acceptors (Lipinski definition) is 7. The van der Waals surface area contributed by atoms with Crippen LogP contribution in [0.25, 0.3) is 0 Å². The van der Waals surface area contributed by atoms with Crippen LogP contribution in [0, 0.1) is 11.8 Å². The zero-order chi connectivity index (χ0) is 21.5. The molecular formula is C23H28O7. The van der Waals surface area contributed by atoms with Crippen LogP contribution in [0.2, 0.25) is 0 Å². The monoisotopic (exact) mass is 416 g/mol. The predicted octanol–water partition coefficient (Wildman–Crippen LogP) is 2.78. The van der Waals surface area contributed by atoms with Crippen molar-refractivity contribution >= 4 is 0 Å². The summed E-state index contributed by atoms with van der Waals surface area (Å²) in [5.41, 5.74) is 2.06. The van der Waals surface area contributed by atoms with Crippen molar-refractivity contribution in [3.05, 3.63) is 41.0 Å². The van der Waals surface area contributed by atoms with Crippen molar-refractivity contribution in [2.75, 3.05) is 48.8 Å². The van der Waals surface area contributed by atoms with E-state index < -0.39 is 5.60 Å². The van der Waals surface area contributed by atoms with E-state index in [2.05, 4.69) is 0 Å². The van der Waals surface area contributed by atoms with E-state index >= 15 is 0 Å². The third kappa shape index (κ3) is 2.80. The molecule has 0 radical (unpaired) electrons. The minimum atomic E-state index is -0.862. The maximum absolute atomic E-state index is 10.4. The largest absolute Gasteiger partial charge is 0.493 e. The molecule has 1 saturated heterocycles. The van der Waals surface area contributed by atoms with Crippen LogP contribution in [0.4, 0.5) is 0 Å². The Morgan fingerprint density at radius 2 is 1.47 bits per heavy atom. The van der Waals surface area contributed by atoms with E-state index in [1.54, 1.807) is 35.5 Å². The topological polar surface area (TPSA) is 75.6 Å². The molecule has 4 rings (SSSR count). The summed E-state index contributed by atoms with van der Waals surface area (Å²) in [5.74, 6) is 2.95. The van der Waals surface area contributed by atoms with Gasteiger partial charge < -0.3 is 33.5 Å². The normalized spacial score (nSPS) is 24.2. The summed E-state index contributed by atoms with van der Waals surface area (Å²) in [6, 6.07) is 7.77. The number of ether oxygens (including phenoxy) is 6.